The highest BCUT2D eigenvalue weighted by Crippen LogP contribution is 2.43. The molecule has 3 heteroatoms. The molecule has 3 nitrogen and oxygen atoms in total. The Morgan fingerprint density at radius 3 is 1.56 bits per heavy atom. The summed E-state index contributed by atoms with van der Waals surface area (Å²) in [5.74, 6) is 0. The molecule has 0 radical (unpaired) electrons. The quantitative estimate of drug-likeness (QED) is 0.778. The molecule has 1 heterocycles. The lowest BCUT2D eigenvalue weighted by Crippen LogP contribution is -2.65. The molecule has 3 N–H and O–H groups in total. The molecule has 1 rings (SSSR count). The van der Waals surface area contributed by atoms with Crippen LogP contribution in [0.5, 0.6) is 0 Å². The Morgan fingerprint density at radius 2 is 1.31 bits per heavy atom. The van der Waals surface area contributed by atoms with E-state index in [1.54, 1.807) is 5.06 Å². The minimum atomic E-state index is -0.107. The van der Waals surface area contributed by atoms with Crippen LogP contribution in [0.1, 0.15) is 66.2 Å². The van der Waals surface area contributed by atoms with Crippen LogP contribution >= 0.6 is 0 Å². The van der Waals surface area contributed by atoms with Gasteiger partial charge in [0.15, 0.2) is 0 Å². The van der Waals surface area contributed by atoms with E-state index in [0.717, 1.165) is 38.5 Å². The lowest BCUT2D eigenvalue weighted by molar-refractivity contribution is -0.269. The topological polar surface area (TPSA) is 49.5 Å². The second-order valence-corrected chi connectivity index (χ2v) is 5.34. The predicted octanol–water partition coefficient (Wildman–Crippen LogP) is 2.92. The number of hydrogen-bond donors (Lipinski definition) is 2. The summed E-state index contributed by atoms with van der Waals surface area (Å²) in [5.41, 5.74) is 6.00. The fraction of sp³-hybridized carbons (Fsp3) is 1.00. The van der Waals surface area contributed by atoms with Crippen molar-refractivity contribution in [1.29, 1.82) is 0 Å². The van der Waals surface area contributed by atoms with Gasteiger partial charge >= 0.3 is 0 Å². The van der Waals surface area contributed by atoms with Gasteiger partial charge in [0.2, 0.25) is 0 Å². The molecular formula is C13H28N2O. The first kappa shape index (κ1) is 13.9. The van der Waals surface area contributed by atoms with E-state index in [-0.39, 0.29) is 17.1 Å². The van der Waals surface area contributed by atoms with Crippen molar-refractivity contribution in [3.63, 3.8) is 0 Å². The lowest BCUT2D eigenvalue weighted by atomic mass is 9.71. The van der Waals surface area contributed by atoms with E-state index >= 15 is 0 Å². The van der Waals surface area contributed by atoms with Crippen LogP contribution in [0.3, 0.4) is 0 Å². The SMILES string of the molecule is CCC1(CC)CC(N)CC(CC)(CC)N1O. The van der Waals surface area contributed by atoms with Crippen LogP contribution in [0, 0.1) is 0 Å². The van der Waals surface area contributed by atoms with Crippen LogP contribution in [0.4, 0.5) is 0 Å². The molecule has 0 saturated carbocycles. The Balaban J connectivity index is 3.06. The molecular weight excluding hydrogens is 200 g/mol. The Labute approximate surface area is 100.0 Å². The molecule has 0 amide bonds. The molecule has 0 aromatic heterocycles. The summed E-state index contributed by atoms with van der Waals surface area (Å²) in [4.78, 5) is 0. The summed E-state index contributed by atoms with van der Waals surface area (Å²) in [7, 11) is 0. The van der Waals surface area contributed by atoms with Gasteiger partial charge in [0, 0.05) is 17.1 Å². The third kappa shape index (κ3) is 2.01. The summed E-state index contributed by atoms with van der Waals surface area (Å²) >= 11 is 0. The minimum Gasteiger partial charge on any atom is -0.328 e. The van der Waals surface area contributed by atoms with E-state index in [4.69, 9.17) is 5.73 Å². The lowest BCUT2D eigenvalue weighted by Gasteiger charge is -2.56. The maximum absolute atomic E-state index is 10.6. The van der Waals surface area contributed by atoms with Crippen LogP contribution in [0.2, 0.25) is 0 Å². The molecule has 0 aliphatic carbocycles. The van der Waals surface area contributed by atoms with E-state index in [2.05, 4.69) is 27.7 Å². The van der Waals surface area contributed by atoms with E-state index in [0.29, 0.717) is 0 Å². The summed E-state index contributed by atoms with van der Waals surface area (Å²) in [6.45, 7) is 8.61. The molecule has 1 aliphatic heterocycles. The molecule has 0 atom stereocenters. The fourth-order valence-corrected chi connectivity index (χ4v) is 3.40. The number of nitrogens with two attached hydrogens (primary N) is 1. The first-order valence-electron chi connectivity index (χ1n) is 6.75. The van der Waals surface area contributed by atoms with E-state index in [1.165, 1.54) is 0 Å². The molecule has 0 spiro atoms. The summed E-state index contributed by atoms with van der Waals surface area (Å²) in [5, 5.41) is 12.3. The zero-order valence-electron chi connectivity index (χ0n) is 11.3. The van der Waals surface area contributed by atoms with Gasteiger partial charge in [0.1, 0.15) is 0 Å². The molecule has 96 valence electrons. The van der Waals surface area contributed by atoms with Crippen molar-refractivity contribution in [3.05, 3.63) is 0 Å². The number of hydrogen-bond acceptors (Lipinski definition) is 3. The smallest absolute Gasteiger partial charge is 0.0476 e. The summed E-state index contributed by atoms with van der Waals surface area (Å²) in [6.07, 6.45) is 5.70. The van der Waals surface area contributed by atoms with Gasteiger partial charge in [-0.2, -0.15) is 5.06 Å². The number of piperidine rings is 1. The average molecular weight is 228 g/mol. The second kappa shape index (κ2) is 5.03. The molecule has 0 aromatic rings. The van der Waals surface area contributed by atoms with Gasteiger partial charge in [-0.3, -0.25) is 0 Å². The molecule has 1 saturated heterocycles. The monoisotopic (exact) mass is 228 g/mol. The van der Waals surface area contributed by atoms with E-state index < -0.39 is 0 Å². The zero-order chi connectivity index (χ0) is 12.4. The van der Waals surface area contributed by atoms with Crippen molar-refractivity contribution in [3.8, 4) is 0 Å². The Kier molecular flexibility index (Phi) is 4.38. The second-order valence-electron chi connectivity index (χ2n) is 5.34. The summed E-state index contributed by atoms with van der Waals surface area (Å²) < 4.78 is 0. The Hall–Kier alpha value is -0.120. The highest BCUT2D eigenvalue weighted by molar-refractivity contribution is 5.03. The van der Waals surface area contributed by atoms with Crippen molar-refractivity contribution in [1.82, 2.24) is 5.06 Å². The standard InChI is InChI=1S/C13H28N2O/c1-5-12(6-2)9-11(14)10-13(7-3,8-4)15(12)16/h11,16H,5-10,14H2,1-4H3. The number of nitrogens with zero attached hydrogens (tertiary/aromatic N) is 1. The molecule has 0 unspecified atom stereocenters. The largest absolute Gasteiger partial charge is 0.328 e. The third-order valence-electron chi connectivity index (χ3n) is 4.82. The Morgan fingerprint density at radius 1 is 1.00 bits per heavy atom. The first-order valence-corrected chi connectivity index (χ1v) is 6.75. The van der Waals surface area contributed by atoms with Gasteiger partial charge in [-0.25, -0.2) is 0 Å². The molecule has 1 fully saturated rings. The predicted molar refractivity (Wildman–Crippen MR) is 67.5 cm³/mol. The van der Waals surface area contributed by atoms with Crippen LogP contribution in [0.25, 0.3) is 0 Å². The molecule has 1 aliphatic rings. The van der Waals surface area contributed by atoms with E-state index in [1.807, 2.05) is 0 Å². The van der Waals surface area contributed by atoms with Crippen molar-refractivity contribution in [2.45, 2.75) is 83.3 Å². The van der Waals surface area contributed by atoms with Gasteiger partial charge in [0.05, 0.1) is 0 Å². The average Bonchev–Trinajstić information content (AvgIpc) is 2.32. The highest BCUT2D eigenvalue weighted by atomic mass is 16.5. The van der Waals surface area contributed by atoms with Gasteiger partial charge in [-0.1, -0.05) is 27.7 Å². The normalized spacial score (nSPS) is 25.9. The molecule has 0 aromatic carbocycles. The number of rotatable bonds is 4. The van der Waals surface area contributed by atoms with Crippen molar-refractivity contribution < 1.29 is 5.21 Å². The summed E-state index contributed by atoms with van der Waals surface area (Å²) in [6, 6.07) is 0.225. The van der Waals surface area contributed by atoms with Gasteiger partial charge in [0.25, 0.3) is 0 Å². The van der Waals surface area contributed by atoms with Crippen molar-refractivity contribution in [2.75, 3.05) is 0 Å². The van der Waals surface area contributed by atoms with Crippen LogP contribution in [0.15, 0.2) is 0 Å². The van der Waals surface area contributed by atoms with Crippen molar-refractivity contribution in [2.24, 2.45) is 5.73 Å². The fourth-order valence-electron chi connectivity index (χ4n) is 3.40. The minimum absolute atomic E-state index is 0.107. The van der Waals surface area contributed by atoms with Crippen LogP contribution < -0.4 is 5.73 Å². The number of hydroxylamine groups is 2. The first-order chi connectivity index (χ1) is 7.50. The molecule has 0 bridgehead atoms. The van der Waals surface area contributed by atoms with Crippen LogP contribution in [-0.4, -0.2) is 27.4 Å². The third-order valence-corrected chi connectivity index (χ3v) is 4.82. The van der Waals surface area contributed by atoms with Crippen molar-refractivity contribution >= 4 is 0 Å². The Bertz CT molecular complexity index is 200. The maximum atomic E-state index is 10.6. The van der Waals surface area contributed by atoms with Gasteiger partial charge < -0.3 is 10.9 Å². The van der Waals surface area contributed by atoms with Gasteiger partial charge in [-0.05, 0) is 38.5 Å². The van der Waals surface area contributed by atoms with Gasteiger partial charge in [-0.15, -0.1) is 0 Å². The zero-order valence-corrected chi connectivity index (χ0v) is 11.3. The maximum Gasteiger partial charge on any atom is 0.0476 e. The molecule has 16 heavy (non-hydrogen) atoms. The van der Waals surface area contributed by atoms with E-state index in [9.17, 15) is 5.21 Å². The highest BCUT2D eigenvalue weighted by Gasteiger charge is 2.50. The van der Waals surface area contributed by atoms with Crippen LogP contribution in [-0.2, 0) is 0 Å².